The summed E-state index contributed by atoms with van der Waals surface area (Å²) in [5, 5.41) is 9.92. The van der Waals surface area contributed by atoms with E-state index in [4.69, 9.17) is 24.2 Å². The number of aromatic nitrogens is 2. The van der Waals surface area contributed by atoms with Crippen molar-refractivity contribution in [1.29, 1.82) is 0 Å². The minimum atomic E-state index is -0.973. The van der Waals surface area contributed by atoms with E-state index in [1.807, 2.05) is 108 Å². The summed E-state index contributed by atoms with van der Waals surface area (Å²) in [5.74, 6) is -1.36. The number of benzene rings is 2. The van der Waals surface area contributed by atoms with Crippen molar-refractivity contribution in [1.82, 2.24) is 29.6 Å². The number of piperazine rings is 2. The van der Waals surface area contributed by atoms with Crippen LogP contribution in [0.15, 0.2) is 82.0 Å². The first-order valence-corrected chi connectivity index (χ1v) is 23.1. The molecule has 4 aliphatic rings. The highest BCUT2D eigenvalue weighted by molar-refractivity contribution is 9.10. The lowest BCUT2D eigenvalue weighted by atomic mass is 9.93. The number of carboxylic acids is 1. The lowest BCUT2D eigenvalue weighted by Crippen LogP contribution is -2.51. The van der Waals surface area contributed by atoms with Gasteiger partial charge in [0.2, 0.25) is 0 Å². The molecule has 4 aromatic rings. The van der Waals surface area contributed by atoms with Crippen LogP contribution >= 0.6 is 31.9 Å². The molecule has 65 heavy (non-hydrogen) atoms. The van der Waals surface area contributed by atoms with Gasteiger partial charge in [0, 0.05) is 73.7 Å². The van der Waals surface area contributed by atoms with Gasteiger partial charge < -0.3 is 29.1 Å². The number of hydrogen-bond acceptors (Lipinski definition) is 11. The second kappa shape index (κ2) is 19.6. The van der Waals surface area contributed by atoms with E-state index in [1.54, 1.807) is 28.3 Å². The number of hydrogen-bond donors (Lipinski definition) is 1. The Hall–Kier alpha value is -5.42. The lowest BCUT2D eigenvalue weighted by molar-refractivity contribution is -0.133. The minimum Gasteiger partial charge on any atom is -0.478 e. The number of ether oxygens (including phenoxy) is 3. The fourth-order valence-corrected chi connectivity index (χ4v) is 9.21. The molecule has 4 heterocycles. The van der Waals surface area contributed by atoms with Crippen molar-refractivity contribution >= 4 is 79.3 Å². The molecule has 14 nitrogen and oxygen atoms in total. The van der Waals surface area contributed by atoms with Crippen LogP contribution in [-0.2, 0) is 23.8 Å². The maximum absolute atomic E-state index is 12.7. The van der Waals surface area contributed by atoms with E-state index in [-0.39, 0.29) is 35.8 Å². The predicted octanol–water partition coefficient (Wildman–Crippen LogP) is 8.94. The molecule has 2 aliphatic heterocycles. The van der Waals surface area contributed by atoms with Gasteiger partial charge in [0.1, 0.15) is 11.2 Å². The number of fused-ring (bicyclic) bond motifs is 4. The topological polar surface area (TPSA) is 155 Å². The molecule has 2 unspecified atom stereocenters. The van der Waals surface area contributed by atoms with Gasteiger partial charge in [-0.25, -0.2) is 19.2 Å². The van der Waals surface area contributed by atoms with Crippen LogP contribution in [0.3, 0.4) is 0 Å². The highest BCUT2D eigenvalue weighted by Gasteiger charge is 2.37. The Morgan fingerprint density at radius 2 is 1.00 bits per heavy atom. The zero-order valence-electron chi connectivity index (χ0n) is 37.6. The summed E-state index contributed by atoms with van der Waals surface area (Å²) in [6.45, 7) is 15.9. The summed E-state index contributed by atoms with van der Waals surface area (Å²) in [4.78, 5) is 67.4. The molecule has 0 radical (unpaired) electrons. The maximum Gasteiger partial charge on any atom is 0.410 e. The summed E-state index contributed by atoms with van der Waals surface area (Å²) in [5.41, 5.74) is 6.41. The predicted molar refractivity (Wildman–Crippen MR) is 255 cm³/mol. The van der Waals surface area contributed by atoms with Crippen molar-refractivity contribution in [3.05, 3.63) is 127 Å². The van der Waals surface area contributed by atoms with E-state index in [0.717, 1.165) is 48.2 Å². The summed E-state index contributed by atoms with van der Waals surface area (Å²) in [7, 11) is 1.39. The fourth-order valence-electron chi connectivity index (χ4n) is 8.52. The van der Waals surface area contributed by atoms with Crippen molar-refractivity contribution in [2.45, 2.75) is 64.8 Å². The average molecular weight is 1010 g/mol. The van der Waals surface area contributed by atoms with E-state index >= 15 is 0 Å². The Morgan fingerprint density at radius 3 is 1.38 bits per heavy atom. The van der Waals surface area contributed by atoms with Crippen LogP contribution < -0.4 is 0 Å². The third kappa shape index (κ3) is 11.0. The first-order chi connectivity index (χ1) is 30.8. The van der Waals surface area contributed by atoms with E-state index < -0.39 is 17.2 Å². The van der Waals surface area contributed by atoms with Crippen LogP contribution in [0.25, 0.3) is 23.3 Å². The number of carboxylic acid groups (broad SMARTS) is 1. The molecule has 2 aromatic carbocycles. The first kappa shape index (κ1) is 47.5. The summed E-state index contributed by atoms with van der Waals surface area (Å²) >= 11 is 6.97. The van der Waals surface area contributed by atoms with Crippen molar-refractivity contribution in [3.63, 3.8) is 0 Å². The Bertz CT molecular complexity index is 2530. The monoisotopic (exact) mass is 1010 g/mol. The van der Waals surface area contributed by atoms with E-state index in [9.17, 15) is 24.3 Å². The number of carbonyl (C=O) groups excluding carboxylic acids is 3. The number of aliphatic carboxylic acids is 1. The minimum absolute atomic E-state index is 0.163. The number of halogens is 2. The van der Waals surface area contributed by atoms with E-state index in [2.05, 4.69) is 41.7 Å². The second-order valence-corrected chi connectivity index (χ2v) is 20.0. The van der Waals surface area contributed by atoms with Gasteiger partial charge in [0.25, 0.3) is 0 Å². The normalized spacial score (nSPS) is 18.7. The van der Waals surface area contributed by atoms with Crippen molar-refractivity contribution < 1.29 is 38.5 Å². The molecule has 2 aliphatic carbocycles. The molecule has 2 saturated heterocycles. The van der Waals surface area contributed by atoms with Gasteiger partial charge in [-0.15, -0.1) is 0 Å². The Morgan fingerprint density at radius 1 is 0.615 bits per heavy atom. The zero-order valence-corrected chi connectivity index (χ0v) is 40.8. The van der Waals surface area contributed by atoms with Gasteiger partial charge >= 0.3 is 24.1 Å². The van der Waals surface area contributed by atoms with Crippen LogP contribution in [0.2, 0.25) is 0 Å². The highest BCUT2D eigenvalue weighted by atomic mass is 79.9. The summed E-state index contributed by atoms with van der Waals surface area (Å²) < 4.78 is 17.8. The third-order valence-electron chi connectivity index (χ3n) is 11.3. The molecule has 2 fully saturated rings. The number of pyridine rings is 2. The Kier molecular flexibility index (Phi) is 14.3. The van der Waals surface area contributed by atoms with Gasteiger partial charge in [-0.05, 0) is 131 Å². The smallest absolute Gasteiger partial charge is 0.410 e. The quantitative estimate of drug-likeness (QED) is 0.153. The largest absolute Gasteiger partial charge is 0.478 e. The molecule has 0 spiro atoms. The lowest BCUT2D eigenvalue weighted by Gasteiger charge is -2.40. The van der Waals surface area contributed by atoms with Crippen molar-refractivity contribution in [2.75, 3.05) is 59.5 Å². The van der Waals surface area contributed by atoms with Crippen LogP contribution in [0.1, 0.15) is 98.4 Å². The first-order valence-electron chi connectivity index (χ1n) is 21.5. The molecular weight excluding hydrogens is 960 g/mol. The molecule has 2 aromatic heterocycles. The maximum atomic E-state index is 12.7. The standard InChI is InChI=1S/C25H28BrN3O4.C24H26BrN3O4/c1-25(2,3)33-24(31)29-11-9-28(10-12-29)22-19-8-6-5-7-18(19)20(23(30)32-4)14-16-13-17(26)15-27-21(16)22;1-24(2,3)32-23(31)28-10-8-27(9-11-28)21-18-7-5-4-6-17(18)19(22(29)30)13-15-12-16(25)14-26-20(15)21/h5-8,13-15,22H,9-12H2,1-4H3;4-7,12-14,21H,8-11H2,1-3H3,(H,29,30). The average Bonchev–Trinajstić information content (AvgIpc) is 3.49. The van der Waals surface area contributed by atoms with Gasteiger partial charge in [0.15, 0.2) is 0 Å². The molecule has 2 amide bonds. The third-order valence-corrected chi connectivity index (χ3v) is 12.2. The number of methoxy groups -OCH3 is 1. The van der Waals surface area contributed by atoms with E-state index in [0.29, 0.717) is 63.5 Å². The molecule has 342 valence electrons. The summed E-state index contributed by atoms with van der Waals surface area (Å²) in [6.07, 6.45) is 6.48. The fraction of sp³-hybridized carbons (Fsp3) is 0.388. The molecular formula is C49H54Br2N6O8. The zero-order chi connectivity index (χ0) is 46.8. The second-order valence-electron chi connectivity index (χ2n) is 18.2. The van der Waals surface area contributed by atoms with Crippen LogP contribution in [-0.4, -0.2) is 129 Å². The van der Waals surface area contributed by atoms with Crippen LogP contribution in [0, 0.1) is 0 Å². The molecule has 1 N–H and O–H groups in total. The molecule has 0 saturated carbocycles. The highest BCUT2D eigenvalue weighted by Crippen LogP contribution is 2.42. The van der Waals surface area contributed by atoms with Gasteiger partial charge in [-0.1, -0.05) is 48.5 Å². The molecule has 0 bridgehead atoms. The number of nitrogens with zero attached hydrogens (tertiary/aromatic N) is 6. The van der Waals surface area contributed by atoms with Crippen molar-refractivity contribution in [3.8, 4) is 0 Å². The summed E-state index contributed by atoms with van der Waals surface area (Å²) in [6, 6.07) is 19.0. The Labute approximate surface area is 396 Å². The Balaban J connectivity index is 0.000000194. The van der Waals surface area contributed by atoms with Crippen LogP contribution in [0.5, 0.6) is 0 Å². The van der Waals surface area contributed by atoms with Gasteiger partial charge in [-0.2, -0.15) is 0 Å². The van der Waals surface area contributed by atoms with Gasteiger partial charge in [-0.3, -0.25) is 19.8 Å². The molecule has 16 heteroatoms. The van der Waals surface area contributed by atoms with Crippen molar-refractivity contribution in [2.24, 2.45) is 0 Å². The number of esters is 1. The number of rotatable bonds is 4. The van der Waals surface area contributed by atoms with Gasteiger partial charge in [0.05, 0.1) is 41.7 Å². The van der Waals surface area contributed by atoms with E-state index in [1.165, 1.54) is 7.11 Å². The number of amides is 2. The molecule has 8 rings (SSSR count). The molecule has 2 atom stereocenters. The van der Waals surface area contributed by atoms with Crippen LogP contribution in [0.4, 0.5) is 9.59 Å². The SMILES string of the molecule is CC(C)(C)OC(=O)N1CCN(C2c3ccccc3C(C(=O)O)=Cc3cc(Br)cnc32)CC1.COC(=O)C1=Cc2cc(Br)cnc2C(N2CCN(C(=O)OC(C)(C)C)CC2)c2ccccc21. The number of carbonyl (C=O) groups is 4.